The number of rotatable bonds is 5. The molecule has 0 fully saturated rings. The second-order valence-electron chi connectivity index (χ2n) is 4.63. The Hall–Kier alpha value is -1.51. The van der Waals surface area contributed by atoms with Crippen LogP contribution in [0.25, 0.3) is 0 Å². The number of hydrogen-bond acceptors (Lipinski definition) is 2. The number of ether oxygens (including phenoxy) is 1. The van der Waals surface area contributed by atoms with Crippen molar-refractivity contribution in [2.75, 3.05) is 7.11 Å². The number of benzene rings is 1. The highest BCUT2D eigenvalue weighted by atomic mass is 16.5. The van der Waals surface area contributed by atoms with E-state index < -0.39 is 0 Å². The molecule has 1 unspecified atom stereocenters. The van der Waals surface area contributed by atoms with Gasteiger partial charge in [0.2, 0.25) is 5.91 Å². The molecule has 3 nitrogen and oxygen atoms in total. The third-order valence-corrected chi connectivity index (χ3v) is 2.58. The first-order valence-corrected chi connectivity index (χ1v) is 5.97. The summed E-state index contributed by atoms with van der Waals surface area (Å²) in [5, 5.41) is 2.98. The Morgan fingerprint density at radius 3 is 2.53 bits per heavy atom. The van der Waals surface area contributed by atoms with Crippen molar-refractivity contribution in [3.05, 3.63) is 29.8 Å². The fourth-order valence-electron chi connectivity index (χ4n) is 1.77. The van der Waals surface area contributed by atoms with Crippen molar-refractivity contribution >= 4 is 5.91 Å². The smallest absolute Gasteiger partial charge is 0.220 e. The summed E-state index contributed by atoms with van der Waals surface area (Å²) in [5.41, 5.74) is 1.01. The maximum atomic E-state index is 11.7. The molecule has 0 bridgehead atoms. The average Bonchev–Trinajstić information content (AvgIpc) is 2.27. The molecule has 0 aliphatic carbocycles. The second kappa shape index (κ2) is 6.28. The summed E-state index contributed by atoms with van der Waals surface area (Å²) in [6.07, 6.45) is 0.555. The molecular weight excluding hydrogens is 214 g/mol. The van der Waals surface area contributed by atoms with Crippen LogP contribution in [-0.4, -0.2) is 13.0 Å². The largest absolute Gasteiger partial charge is 0.496 e. The minimum Gasteiger partial charge on any atom is -0.496 e. The molecule has 1 aromatic rings. The van der Waals surface area contributed by atoms with Gasteiger partial charge in [-0.1, -0.05) is 32.0 Å². The summed E-state index contributed by atoms with van der Waals surface area (Å²) < 4.78 is 5.28. The number of para-hydroxylation sites is 1. The van der Waals surface area contributed by atoms with Crippen molar-refractivity contribution < 1.29 is 9.53 Å². The third-order valence-electron chi connectivity index (χ3n) is 2.58. The van der Waals surface area contributed by atoms with E-state index in [1.165, 1.54) is 0 Å². The highest BCUT2D eigenvalue weighted by Crippen LogP contribution is 2.24. The molecule has 1 atom stereocenters. The maximum absolute atomic E-state index is 11.7. The van der Waals surface area contributed by atoms with Crippen LogP contribution in [0.5, 0.6) is 5.75 Å². The molecule has 0 radical (unpaired) electrons. The highest BCUT2D eigenvalue weighted by Gasteiger charge is 2.13. The molecule has 1 rings (SSSR count). The molecule has 1 N–H and O–H groups in total. The Balaban J connectivity index is 2.69. The molecule has 1 aromatic carbocycles. The first-order valence-electron chi connectivity index (χ1n) is 5.97. The van der Waals surface area contributed by atoms with Crippen LogP contribution in [0.4, 0.5) is 0 Å². The maximum Gasteiger partial charge on any atom is 0.220 e. The van der Waals surface area contributed by atoms with Gasteiger partial charge in [-0.05, 0) is 18.9 Å². The summed E-state index contributed by atoms with van der Waals surface area (Å²) in [7, 11) is 1.64. The molecule has 3 heteroatoms. The minimum absolute atomic E-state index is 0.0302. The van der Waals surface area contributed by atoms with Crippen molar-refractivity contribution in [2.24, 2.45) is 5.92 Å². The van der Waals surface area contributed by atoms with E-state index in [-0.39, 0.29) is 11.9 Å². The Morgan fingerprint density at radius 1 is 1.29 bits per heavy atom. The monoisotopic (exact) mass is 235 g/mol. The van der Waals surface area contributed by atoms with Crippen LogP contribution in [0.2, 0.25) is 0 Å². The predicted octanol–water partition coefficient (Wildman–Crippen LogP) is 2.92. The summed E-state index contributed by atoms with van der Waals surface area (Å²) in [4.78, 5) is 11.7. The fourth-order valence-corrected chi connectivity index (χ4v) is 1.77. The van der Waals surface area contributed by atoms with Gasteiger partial charge in [-0.2, -0.15) is 0 Å². The van der Waals surface area contributed by atoms with Crippen LogP contribution >= 0.6 is 0 Å². The van der Waals surface area contributed by atoms with Gasteiger partial charge in [-0.3, -0.25) is 4.79 Å². The Kier molecular flexibility index (Phi) is 5.01. The molecule has 0 saturated carbocycles. The zero-order chi connectivity index (χ0) is 12.8. The first-order chi connectivity index (χ1) is 8.04. The summed E-state index contributed by atoms with van der Waals surface area (Å²) in [5.74, 6) is 1.27. The second-order valence-corrected chi connectivity index (χ2v) is 4.63. The highest BCUT2D eigenvalue weighted by molar-refractivity contribution is 5.76. The Bertz CT molecular complexity index is 374. The Labute approximate surface area is 103 Å². The van der Waals surface area contributed by atoms with E-state index in [0.29, 0.717) is 12.3 Å². The molecule has 0 aliphatic heterocycles. The van der Waals surface area contributed by atoms with Crippen LogP contribution < -0.4 is 10.1 Å². The lowest BCUT2D eigenvalue weighted by Crippen LogP contribution is -2.27. The quantitative estimate of drug-likeness (QED) is 0.852. The van der Waals surface area contributed by atoms with E-state index in [1.54, 1.807) is 7.11 Å². The summed E-state index contributed by atoms with van der Waals surface area (Å²) >= 11 is 0. The fraction of sp³-hybridized carbons (Fsp3) is 0.500. The molecule has 0 saturated heterocycles. The van der Waals surface area contributed by atoms with Crippen molar-refractivity contribution in [3.63, 3.8) is 0 Å². The normalized spacial score (nSPS) is 12.3. The van der Waals surface area contributed by atoms with Gasteiger partial charge in [-0.15, -0.1) is 0 Å². The molecule has 17 heavy (non-hydrogen) atoms. The molecule has 0 aromatic heterocycles. The van der Waals surface area contributed by atoms with Crippen LogP contribution in [0.3, 0.4) is 0 Å². The van der Waals surface area contributed by atoms with E-state index in [4.69, 9.17) is 4.74 Å². The predicted molar refractivity (Wildman–Crippen MR) is 69.0 cm³/mol. The van der Waals surface area contributed by atoms with Crippen LogP contribution in [-0.2, 0) is 4.79 Å². The lowest BCUT2D eigenvalue weighted by Gasteiger charge is -2.17. The van der Waals surface area contributed by atoms with E-state index >= 15 is 0 Å². The number of methoxy groups -OCH3 is 1. The number of nitrogens with one attached hydrogen (secondary N) is 1. The van der Waals surface area contributed by atoms with Gasteiger partial charge in [0.25, 0.3) is 0 Å². The molecular formula is C14H21NO2. The molecule has 0 heterocycles. The molecule has 0 aliphatic rings. The van der Waals surface area contributed by atoms with Crippen LogP contribution in [0, 0.1) is 5.92 Å². The van der Waals surface area contributed by atoms with Gasteiger partial charge in [-0.25, -0.2) is 0 Å². The summed E-state index contributed by atoms with van der Waals surface area (Å²) in [6.45, 7) is 6.04. The van der Waals surface area contributed by atoms with Crippen LogP contribution in [0.15, 0.2) is 24.3 Å². The van der Waals surface area contributed by atoms with Crippen molar-refractivity contribution in [3.8, 4) is 5.75 Å². The number of carbonyl (C=O) groups is 1. The SMILES string of the molecule is COc1ccccc1C(C)NC(=O)CC(C)C. The van der Waals surface area contributed by atoms with Gasteiger partial charge in [0.05, 0.1) is 13.2 Å². The third kappa shape index (κ3) is 4.10. The molecule has 0 spiro atoms. The topological polar surface area (TPSA) is 38.3 Å². The Morgan fingerprint density at radius 2 is 1.94 bits per heavy atom. The van der Waals surface area contributed by atoms with Crippen molar-refractivity contribution in [1.29, 1.82) is 0 Å². The molecule has 1 amide bonds. The van der Waals surface area contributed by atoms with Gasteiger partial charge in [0.15, 0.2) is 0 Å². The van der Waals surface area contributed by atoms with E-state index in [0.717, 1.165) is 11.3 Å². The van der Waals surface area contributed by atoms with Gasteiger partial charge < -0.3 is 10.1 Å². The van der Waals surface area contributed by atoms with Gasteiger partial charge >= 0.3 is 0 Å². The lowest BCUT2D eigenvalue weighted by molar-refractivity contribution is -0.122. The molecule has 94 valence electrons. The number of carbonyl (C=O) groups excluding carboxylic acids is 1. The zero-order valence-corrected chi connectivity index (χ0v) is 11.0. The van der Waals surface area contributed by atoms with Gasteiger partial charge in [0, 0.05) is 12.0 Å². The minimum atomic E-state index is -0.0302. The van der Waals surface area contributed by atoms with Crippen molar-refractivity contribution in [1.82, 2.24) is 5.32 Å². The number of amides is 1. The van der Waals surface area contributed by atoms with E-state index in [2.05, 4.69) is 5.32 Å². The lowest BCUT2D eigenvalue weighted by atomic mass is 10.1. The van der Waals surface area contributed by atoms with Crippen LogP contribution in [0.1, 0.15) is 38.8 Å². The number of hydrogen-bond donors (Lipinski definition) is 1. The van der Waals surface area contributed by atoms with Crippen molar-refractivity contribution in [2.45, 2.75) is 33.2 Å². The summed E-state index contributed by atoms with van der Waals surface area (Å²) in [6, 6.07) is 7.71. The standard InChI is InChI=1S/C14H21NO2/c1-10(2)9-14(16)15-11(3)12-7-5-6-8-13(12)17-4/h5-8,10-11H,9H2,1-4H3,(H,15,16). The van der Waals surface area contributed by atoms with Gasteiger partial charge in [0.1, 0.15) is 5.75 Å². The van der Waals surface area contributed by atoms with E-state index in [1.807, 2.05) is 45.0 Å². The average molecular weight is 235 g/mol. The van der Waals surface area contributed by atoms with E-state index in [9.17, 15) is 4.79 Å². The first kappa shape index (κ1) is 13.6. The zero-order valence-electron chi connectivity index (χ0n) is 11.0.